The Kier molecular flexibility index (Phi) is 11.9. The minimum atomic E-state index is -0.895. The zero-order valence-corrected chi connectivity index (χ0v) is 35.3. The highest BCUT2D eigenvalue weighted by Crippen LogP contribution is 2.41. The van der Waals surface area contributed by atoms with Gasteiger partial charge in [-0.1, -0.05) is 48.5 Å². The molecule has 10 heteroatoms. The molecule has 0 amide bonds. The molecular weight excluding hydrogens is 777 g/mol. The van der Waals surface area contributed by atoms with Gasteiger partial charge in [0.15, 0.2) is 0 Å². The van der Waals surface area contributed by atoms with Crippen LogP contribution < -0.4 is 20.1 Å². The highest BCUT2D eigenvalue weighted by atomic mass is 16.5. The number of benzene rings is 4. The number of carboxylic acid groups (broad SMARTS) is 2. The monoisotopic (exact) mass is 828 g/mol. The zero-order chi connectivity index (χ0) is 42.7. The number of hydrogen-bond donors (Lipinski definition) is 4. The lowest BCUT2D eigenvalue weighted by Gasteiger charge is -2.28. The van der Waals surface area contributed by atoms with Crippen LogP contribution in [-0.4, -0.2) is 58.4 Å². The van der Waals surface area contributed by atoms with E-state index in [0.29, 0.717) is 24.0 Å². The van der Waals surface area contributed by atoms with E-state index in [1.165, 1.54) is 79.2 Å². The number of rotatable bonds is 10. The van der Waals surface area contributed by atoms with Gasteiger partial charge >= 0.3 is 11.9 Å². The predicted octanol–water partition coefficient (Wildman–Crippen LogP) is 9.02. The molecule has 10 rings (SSSR count). The van der Waals surface area contributed by atoms with Gasteiger partial charge in [-0.3, -0.25) is 9.97 Å². The van der Waals surface area contributed by atoms with Crippen LogP contribution in [0.3, 0.4) is 0 Å². The SMILES string of the molecule is Cc1ccc2c(c1-c1ccc3c(c1)CCN[C@@H]3CCc1cnccc1C(=O)O)CCO2.Cc1ccc2c(c1-c1ccc3c(c1)CCN[C@H]3CCc1cnccc1C(=O)O)CCO2. The van der Waals surface area contributed by atoms with Gasteiger partial charge in [0.1, 0.15) is 11.5 Å². The minimum absolute atomic E-state index is 0.213. The van der Waals surface area contributed by atoms with Crippen LogP contribution in [0.2, 0.25) is 0 Å². The summed E-state index contributed by atoms with van der Waals surface area (Å²) in [4.78, 5) is 31.2. The van der Waals surface area contributed by atoms with E-state index < -0.39 is 11.9 Å². The summed E-state index contributed by atoms with van der Waals surface area (Å²) in [5.41, 5.74) is 18.0. The third-order valence-electron chi connectivity index (χ3n) is 13.0. The number of hydrogen-bond acceptors (Lipinski definition) is 8. The Hall–Kier alpha value is -6.36. The van der Waals surface area contributed by atoms with E-state index in [9.17, 15) is 19.8 Å². The van der Waals surface area contributed by atoms with Crippen molar-refractivity contribution in [3.05, 3.63) is 164 Å². The topological polar surface area (TPSA) is 143 Å². The molecule has 0 aliphatic carbocycles. The van der Waals surface area contributed by atoms with Crippen LogP contribution in [0.15, 0.2) is 97.6 Å². The van der Waals surface area contributed by atoms with E-state index in [-0.39, 0.29) is 12.1 Å². The first-order valence-corrected chi connectivity index (χ1v) is 21.8. The van der Waals surface area contributed by atoms with Crippen LogP contribution in [0.1, 0.15) is 101 Å². The van der Waals surface area contributed by atoms with E-state index in [1.54, 1.807) is 24.5 Å². The first-order chi connectivity index (χ1) is 30.2. The molecule has 62 heavy (non-hydrogen) atoms. The predicted molar refractivity (Wildman–Crippen MR) is 240 cm³/mol. The summed E-state index contributed by atoms with van der Waals surface area (Å²) in [6.45, 7) is 7.71. The molecule has 0 radical (unpaired) electrons. The Bertz CT molecular complexity index is 2490. The van der Waals surface area contributed by atoms with E-state index in [4.69, 9.17) is 9.47 Å². The van der Waals surface area contributed by atoms with Crippen molar-refractivity contribution in [3.8, 4) is 33.8 Å². The van der Waals surface area contributed by atoms with Gasteiger partial charge in [0.05, 0.1) is 24.3 Å². The Morgan fingerprint density at radius 2 is 1.06 bits per heavy atom. The van der Waals surface area contributed by atoms with Crippen LogP contribution in [0.5, 0.6) is 11.5 Å². The first kappa shape index (κ1) is 41.0. The van der Waals surface area contributed by atoms with Gasteiger partial charge in [0.25, 0.3) is 0 Å². The molecule has 0 saturated carbocycles. The number of carboxylic acids is 2. The highest BCUT2D eigenvalue weighted by Gasteiger charge is 2.26. The maximum atomic E-state index is 11.5. The Labute approximate surface area is 362 Å². The molecule has 4 aliphatic heterocycles. The van der Waals surface area contributed by atoms with Gasteiger partial charge in [-0.25, -0.2) is 9.59 Å². The standard InChI is InChI=1S/2C26H26N2O3/c2*1-16-2-7-24-22(10-13-31-24)25(16)18-3-5-20-17(14-18)8-12-28-23(20)6-4-19-15-27-11-9-21(19)26(29)30/h2*2-3,5,7,9,11,14-15,23,28H,4,6,8,10,12-13H2,1H3,(H,29,30)/t2*23-/m10/s1. The smallest absolute Gasteiger partial charge is 0.336 e. The maximum absolute atomic E-state index is 11.5. The molecule has 4 N–H and O–H groups in total. The van der Waals surface area contributed by atoms with Crippen molar-refractivity contribution < 1.29 is 29.3 Å². The Balaban J connectivity index is 0.000000158. The summed E-state index contributed by atoms with van der Waals surface area (Å²) >= 11 is 0. The molecule has 0 bridgehead atoms. The van der Waals surface area contributed by atoms with Gasteiger partial charge in [-0.05, 0) is 156 Å². The van der Waals surface area contributed by atoms with E-state index in [0.717, 1.165) is 87.5 Å². The molecule has 0 saturated heterocycles. The molecule has 2 atom stereocenters. The molecular formula is C52H52N4O6. The quantitative estimate of drug-likeness (QED) is 0.106. The van der Waals surface area contributed by atoms with Gasteiger partial charge in [0, 0.05) is 60.8 Å². The van der Waals surface area contributed by atoms with Crippen LogP contribution >= 0.6 is 0 Å². The molecule has 6 heterocycles. The number of carbonyl (C=O) groups is 2. The first-order valence-electron chi connectivity index (χ1n) is 21.8. The number of aromatic nitrogens is 2. The van der Waals surface area contributed by atoms with Crippen molar-refractivity contribution in [3.63, 3.8) is 0 Å². The number of nitrogens with zero attached hydrogens (tertiary/aromatic N) is 2. The molecule has 6 aromatic rings. The second-order valence-corrected chi connectivity index (χ2v) is 16.8. The number of nitrogens with one attached hydrogen (secondary N) is 2. The number of fused-ring (bicyclic) bond motifs is 4. The second kappa shape index (κ2) is 17.9. The maximum Gasteiger partial charge on any atom is 0.336 e. The third-order valence-corrected chi connectivity index (χ3v) is 13.0. The minimum Gasteiger partial charge on any atom is -0.493 e. The van der Waals surface area contributed by atoms with Crippen molar-refractivity contribution in [1.29, 1.82) is 0 Å². The summed E-state index contributed by atoms with van der Waals surface area (Å²) in [5.74, 6) is 0.245. The molecule has 0 spiro atoms. The fourth-order valence-electron chi connectivity index (χ4n) is 9.99. The Morgan fingerprint density at radius 1 is 0.613 bits per heavy atom. The van der Waals surface area contributed by atoms with Gasteiger partial charge in [0.2, 0.25) is 0 Å². The lowest BCUT2D eigenvalue weighted by atomic mass is 9.86. The third kappa shape index (κ3) is 8.32. The largest absolute Gasteiger partial charge is 0.493 e. The fraction of sp³-hybridized carbons (Fsp3) is 0.308. The number of pyridine rings is 2. The Morgan fingerprint density at radius 3 is 1.50 bits per heavy atom. The molecule has 4 aliphatic rings. The second-order valence-electron chi connectivity index (χ2n) is 16.8. The zero-order valence-electron chi connectivity index (χ0n) is 35.3. The molecule has 2 aromatic heterocycles. The fourth-order valence-corrected chi connectivity index (χ4v) is 9.99. The van der Waals surface area contributed by atoms with Crippen molar-refractivity contribution in [2.45, 2.75) is 77.3 Å². The summed E-state index contributed by atoms with van der Waals surface area (Å²) in [6.07, 6.45) is 13.4. The van der Waals surface area contributed by atoms with E-state index >= 15 is 0 Å². The van der Waals surface area contributed by atoms with Crippen molar-refractivity contribution in [1.82, 2.24) is 20.6 Å². The van der Waals surface area contributed by atoms with Crippen LogP contribution in [0.25, 0.3) is 22.3 Å². The average Bonchev–Trinajstić information content (AvgIpc) is 3.98. The lowest BCUT2D eigenvalue weighted by Crippen LogP contribution is -2.30. The van der Waals surface area contributed by atoms with Crippen LogP contribution in [0, 0.1) is 13.8 Å². The van der Waals surface area contributed by atoms with Crippen molar-refractivity contribution in [2.24, 2.45) is 0 Å². The van der Waals surface area contributed by atoms with Crippen molar-refractivity contribution >= 4 is 11.9 Å². The van der Waals surface area contributed by atoms with Crippen molar-refractivity contribution in [2.75, 3.05) is 26.3 Å². The summed E-state index contributed by atoms with van der Waals surface area (Å²) in [7, 11) is 0. The van der Waals surface area contributed by atoms with Crippen LogP contribution in [-0.2, 0) is 38.5 Å². The summed E-state index contributed by atoms with van der Waals surface area (Å²) < 4.78 is 11.6. The van der Waals surface area contributed by atoms with Crippen LogP contribution in [0.4, 0.5) is 0 Å². The van der Waals surface area contributed by atoms with Gasteiger partial charge in [-0.15, -0.1) is 0 Å². The van der Waals surface area contributed by atoms with E-state index in [1.807, 2.05) is 0 Å². The lowest BCUT2D eigenvalue weighted by molar-refractivity contribution is 0.0684. The number of aryl methyl sites for hydroxylation is 4. The average molecular weight is 829 g/mol. The highest BCUT2D eigenvalue weighted by molar-refractivity contribution is 5.89. The molecule has 4 aromatic carbocycles. The molecule has 0 unspecified atom stereocenters. The summed E-state index contributed by atoms with van der Waals surface area (Å²) in [6, 6.07) is 25.7. The molecule has 0 fully saturated rings. The number of aromatic carboxylic acids is 2. The van der Waals surface area contributed by atoms with E-state index in [2.05, 4.69) is 95.1 Å². The van der Waals surface area contributed by atoms with Gasteiger partial charge in [-0.2, -0.15) is 0 Å². The molecule has 10 nitrogen and oxygen atoms in total. The normalized spacial score (nSPS) is 17.0. The molecule has 316 valence electrons. The summed E-state index contributed by atoms with van der Waals surface area (Å²) in [5, 5.41) is 26.1. The number of ether oxygens (including phenoxy) is 2. The van der Waals surface area contributed by atoms with Gasteiger partial charge < -0.3 is 30.3 Å².